The Balaban J connectivity index is 1.45. The van der Waals surface area contributed by atoms with Crippen LogP contribution in [-0.4, -0.2) is 24.4 Å². The molecule has 2 amide bonds. The van der Waals surface area contributed by atoms with Gasteiger partial charge in [-0.25, -0.2) is 0 Å². The first-order valence-electron chi connectivity index (χ1n) is 10.5. The van der Waals surface area contributed by atoms with Gasteiger partial charge in [0.05, 0.1) is 5.56 Å². The number of aryl methyl sites for hydroxylation is 1. The van der Waals surface area contributed by atoms with E-state index in [9.17, 15) is 14.9 Å². The minimum Gasteiger partial charge on any atom is -0.374 e. The monoisotopic (exact) mass is 422 g/mol. The Labute approximate surface area is 180 Å². The number of hydrogen-bond acceptors (Lipinski definition) is 5. The van der Waals surface area contributed by atoms with E-state index in [-0.39, 0.29) is 11.8 Å². The number of carbonyl (C=O) groups is 2. The first-order valence-corrected chi connectivity index (χ1v) is 11.3. The van der Waals surface area contributed by atoms with E-state index in [0.29, 0.717) is 17.1 Å². The van der Waals surface area contributed by atoms with Crippen molar-refractivity contribution in [2.24, 2.45) is 0 Å². The molecule has 2 heterocycles. The highest BCUT2D eigenvalue weighted by Crippen LogP contribution is 2.37. The molecule has 0 bridgehead atoms. The van der Waals surface area contributed by atoms with Crippen LogP contribution < -0.4 is 15.5 Å². The molecular formula is C23H26N4O2S. The number of nitrogens with zero attached hydrogens (tertiary/aromatic N) is 2. The maximum Gasteiger partial charge on any atom is 0.247 e. The molecule has 30 heavy (non-hydrogen) atoms. The van der Waals surface area contributed by atoms with E-state index in [2.05, 4.69) is 16.7 Å². The van der Waals surface area contributed by atoms with Crippen molar-refractivity contribution in [1.29, 1.82) is 5.26 Å². The summed E-state index contributed by atoms with van der Waals surface area (Å²) in [6, 6.07) is 7.70. The van der Waals surface area contributed by atoms with Crippen LogP contribution in [0.3, 0.4) is 0 Å². The third kappa shape index (κ3) is 3.92. The van der Waals surface area contributed by atoms with Gasteiger partial charge in [-0.3, -0.25) is 9.59 Å². The number of hydrogen-bond donors (Lipinski definition) is 2. The number of benzene rings is 1. The third-order valence-electron chi connectivity index (χ3n) is 5.90. The zero-order chi connectivity index (χ0) is 21.3. The highest BCUT2D eigenvalue weighted by Gasteiger charge is 2.24. The molecule has 0 spiro atoms. The summed E-state index contributed by atoms with van der Waals surface area (Å²) in [5, 5.41) is 16.6. The van der Waals surface area contributed by atoms with Gasteiger partial charge >= 0.3 is 0 Å². The average Bonchev–Trinajstić information content (AvgIpc) is 3.20. The summed E-state index contributed by atoms with van der Waals surface area (Å²) in [6.07, 6.45) is 6.17. The number of rotatable bonds is 4. The summed E-state index contributed by atoms with van der Waals surface area (Å²) in [4.78, 5) is 27.5. The first-order chi connectivity index (χ1) is 14.5. The maximum absolute atomic E-state index is 12.8. The van der Waals surface area contributed by atoms with Gasteiger partial charge in [0.2, 0.25) is 11.8 Å². The molecule has 2 aromatic rings. The Bertz CT molecular complexity index is 1040. The minimum atomic E-state index is -0.457. The van der Waals surface area contributed by atoms with E-state index < -0.39 is 6.04 Å². The summed E-state index contributed by atoms with van der Waals surface area (Å²) >= 11 is 1.55. The average molecular weight is 423 g/mol. The van der Waals surface area contributed by atoms with Crippen LogP contribution in [0.1, 0.15) is 54.7 Å². The van der Waals surface area contributed by atoms with E-state index in [1.807, 2.05) is 25.1 Å². The fourth-order valence-electron chi connectivity index (χ4n) is 4.30. The van der Waals surface area contributed by atoms with Crippen LogP contribution in [0.25, 0.3) is 0 Å². The van der Waals surface area contributed by atoms with Crippen LogP contribution in [-0.2, 0) is 28.9 Å². The summed E-state index contributed by atoms with van der Waals surface area (Å²) in [6.45, 7) is 4.09. The van der Waals surface area contributed by atoms with Crippen LogP contribution >= 0.6 is 11.3 Å². The molecule has 2 N–H and O–H groups in total. The standard InChI is InChI=1S/C23H26N4O2S/c1-14(25-17-8-9-20-16(12-17)10-11-27(20)15(2)28)22(29)26-23-19(13-24)18-6-4-3-5-7-21(18)30-23/h8-9,12,14,25H,3-7,10-11H2,1-2H3,(H,26,29). The Hall–Kier alpha value is -2.85. The van der Waals surface area contributed by atoms with Crippen molar-refractivity contribution in [2.45, 2.75) is 58.4 Å². The van der Waals surface area contributed by atoms with Crippen molar-refractivity contribution in [3.05, 3.63) is 39.8 Å². The Morgan fingerprint density at radius 2 is 2.00 bits per heavy atom. The molecule has 1 aliphatic heterocycles. The molecule has 1 aromatic carbocycles. The van der Waals surface area contributed by atoms with Gasteiger partial charge in [-0.2, -0.15) is 5.26 Å². The molecule has 0 saturated heterocycles. The van der Waals surface area contributed by atoms with Crippen molar-refractivity contribution in [2.75, 3.05) is 22.1 Å². The lowest BCUT2D eigenvalue weighted by Gasteiger charge is -2.17. The molecule has 6 nitrogen and oxygen atoms in total. The molecule has 4 rings (SSSR count). The third-order valence-corrected chi connectivity index (χ3v) is 7.11. The predicted molar refractivity (Wildman–Crippen MR) is 120 cm³/mol. The van der Waals surface area contributed by atoms with Crippen LogP contribution in [0.15, 0.2) is 18.2 Å². The van der Waals surface area contributed by atoms with Crippen LogP contribution in [0.2, 0.25) is 0 Å². The Morgan fingerprint density at radius 1 is 1.20 bits per heavy atom. The minimum absolute atomic E-state index is 0.0462. The van der Waals surface area contributed by atoms with E-state index in [1.54, 1.807) is 23.2 Å². The number of fused-ring (bicyclic) bond motifs is 2. The lowest BCUT2D eigenvalue weighted by Crippen LogP contribution is -2.31. The second-order valence-corrected chi connectivity index (χ2v) is 9.10. The highest BCUT2D eigenvalue weighted by molar-refractivity contribution is 7.16. The number of carbonyl (C=O) groups excluding carboxylic acids is 2. The van der Waals surface area contributed by atoms with Gasteiger partial charge in [-0.1, -0.05) is 6.42 Å². The van der Waals surface area contributed by atoms with Gasteiger partial charge in [0.1, 0.15) is 17.1 Å². The van der Waals surface area contributed by atoms with Crippen molar-refractivity contribution in [3.8, 4) is 6.07 Å². The zero-order valence-corrected chi connectivity index (χ0v) is 18.2. The molecule has 0 fully saturated rings. The van der Waals surface area contributed by atoms with Crippen molar-refractivity contribution < 1.29 is 9.59 Å². The summed E-state index contributed by atoms with van der Waals surface area (Å²) in [7, 11) is 0. The van der Waals surface area contributed by atoms with Gasteiger partial charge in [-0.05, 0) is 68.4 Å². The number of thiophene rings is 1. The summed E-state index contributed by atoms with van der Waals surface area (Å²) in [5.74, 6) is -0.112. The smallest absolute Gasteiger partial charge is 0.247 e. The fourth-order valence-corrected chi connectivity index (χ4v) is 5.55. The van der Waals surface area contributed by atoms with Crippen molar-refractivity contribution in [3.63, 3.8) is 0 Å². The van der Waals surface area contributed by atoms with Crippen LogP contribution in [0, 0.1) is 11.3 Å². The SMILES string of the molecule is CC(=O)N1CCc2cc(NC(C)C(=O)Nc3sc4c(c3C#N)CCCCC4)ccc21. The molecule has 0 saturated carbocycles. The largest absolute Gasteiger partial charge is 0.374 e. The summed E-state index contributed by atoms with van der Waals surface area (Å²) in [5.41, 5.74) is 4.67. The molecule has 2 aliphatic rings. The Kier molecular flexibility index (Phi) is 5.78. The maximum atomic E-state index is 12.8. The molecule has 1 atom stereocenters. The number of nitrogens with one attached hydrogen (secondary N) is 2. The zero-order valence-electron chi connectivity index (χ0n) is 17.4. The molecule has 156 valence electrons. The van der Waals surface area contributed by atoms with E-state index in [0.717, 1.165) is 54.6 Å². The van der Waals surface area contributed by atoms with Crippen molar-refractivity contribution >= 4 is 39.5 Å². The van der Waals surface area contributed by atoms with Gasteiger partial charge in [0.15, 0.2) is 0 Å². The number of anilines is 3. The van der Waals surface area contributed by atoms with E-state index >= 15 is 0 Å². The normalized spacial score (nSPS) is 16.1. The van der Waals surface area contributed by atoms with E-state index in [4.69, 9.17) is 0 Å². The second-order valence-electron chi connectivity index (χ2n) is 8.00. The topological polar surface area (TPSA) is 85.2 Å². The number of amides is 2. The van der Waals surface area contributed by atoms with Crippen molar-refractivity contribution in [1.82, 2.24) is 0 Å². The van der Waals surface area contributed by atoms with Gasteiger partial charge in [-0.15, -0.1) is 11.3 Å². The molecule has 1 aromatic heterocycles. The van der Waals surface area contributed by atoms with Gasteiger partial charge in [0.25, 0.3) is 0 Å². The molecular weight excluding hydrogens is 396 g/mol. The lowest BCUT2D eigenvalue weighted by molar-refractivity contribution is -0.117. The second kappa shape index (κ2) is 8.49. The molecule has 1 unspecified atom stereocenters. The summed E-state index contributed by atoms with van der Waals surface area (Å²) < 4.78 is 0. The van der Waals surface area contributed by atoms with Crippen LogP contribution in [0.4, 0.5) is 16.4 Å². The van der Waals surface area contributed by atoms with Gasteiger partial charge in [0, 0.05) is 29.7 Å². The Morgan fingerprint density at radius 3 is 2.77 bits per heavy atom. The number of nitriles is 1. The molecule has 0 radical (unpaired) electrons. The molecule has 7 heteroatoms. The van der Waals surface area contributed by atoms with Crippen LogP contribution in [0.5, 0.6) is 0 Å². The quantitative estimate of drug-likeness (QED) is 0.722. The first kappa shape index (κ1) is 20.4. The van der Waals surface area contributed by atoms with E-state index in [1.165, 1.54) is 11.3 Å². The molecule has 1 aliphatic carbocycles. The fraction of sp³-hybridized carbons (Fsp3) is 0.435. The lowest BCUT2D eigenvalue weighted by atomic mass is 10.1. The predicted octanol–water partition coefficient (Wildman–Crippen LogP) is 4.24. The van der Waals surface area contributed by atoms with Gasteiger partial charge < -0.3 is 15.5 Å². The highest BCUT2D eigenvalue weighted by atomic mass is 32.1.